The van der Waals surface area contributed by atoms with Crippen molar-refractivity contribution in [1.29, 1.82) is 0 Å². The van der Waals surface area contributed by atoms with Crippen molar-refractivity contribution in [3.05, 3.63) is 29.3 Å². The first-order chi connectivity index (χ1) is 11.6. The van der Waals surface area contributed by atoms with Crippen LogP contribution in [0.5, 0.6) is 0 Å². The molecule has 6 nitrogen and oxygen atoms in total. The molecule has 1 amide bonds. The molecule has 130 valence electrons. The fourth-order valence-electron chi connectivity index (χ4n) is 3.35. The minimum atomic E-state index is 0.0102. The van der Waals surface area contributed by atoms with E-state index >= 15 is 0 Å². The largest absolute Gasteiger partial charge is 0.396 e. The summed E-state index contributed by atoms with van der Waals surface area (Å²) in [5.41, 5.74) is 3.37. The number of likely N-dealkylation sites (tertiary alicyclic amines) is 1. The van der Waals surface area contributed by atoms with Crippen LogP contribution in [-0.2, 0) is 0 Å². The number of aromatic nitrogens is 1. The number of benzene rings is 1. The van der Waals surface area contributed by atoms with Crippen molar-refractivity contribution >= 4 is 27.5 Å². The summed E-state index contributed by atoms with van der Waals surface area (Å²) in [7, 11) is 1.95. The number of carbonyl (C=O) groups excluding carboxylic acids is 1. The van der Waals surface area contributed by atoms with Crippen molar-refractivity contribution in [1.82, 2.24) is 14.8 Å². The summed E-state index contributed by atoms with van der Waals surface area (Å²) in [5, 5.41) is 18.7. The summed E-state index contributed by atoms with van der Waals surface area (Å²) in [6.07, 6.45) is 0. The number of fused-ring (bicyclic) bond motifs is 1. The second-order valence-electron chi connectivity index (χ2n) is 6.43. The fraction of sp³-hybridized carbons (Fsp3) is 0.529. The Labute approximate surface area is 145 Å². The maximum absolute atomic E-state index is 12.8. The Bertz CT molecular complexity index is 705. The fourth-order valence-corrected chi connectivity index (χ4v) is 4.07. The summed E-state index contributed by atoms with van der Waals surface area (Å²) < 4.78 is 1.01. The van der Waals surface area contributed by atoms with Gasteiger partial charge in [-0.25, -0.2) is 4.98 Å². The number of rotatable bonds is 6. The van der Waals surface area contributed by atoms with Gasteiger partial charge in [0.2, 0.25) is 0 Å². The van der Waals surface area contributed by atoms with Gasteiger partial charge >= 0.3 is 0 Å². The lowest BCUT2D eigenvalue weighted by atomic mass is 9.96. The first-order valence-electron chi connectivity index (χ1n) is 8.15. The first-order valence-corrected chi connectivity index (χ1v) is 9.03. The van der Waals surface area contributed by atoms with Crippen LogP contribution in [0.4, 0.5) is 0 Å². The summed E-state index contributed by atoms with van der Waals surface area (Å²) in [5.74, 6) is 0.320. The molecule has 1 saturated heterocycles. The second kappa shape index (κ2) is 7.57. The molecule has 1 aromatic carbocycles. The van der Waals surface area contributed by atoms with Gasteiger partial charge in [-0.3, -0.25) is 4.79 Å². The van der Waals surface area contributed by atoms with E-state index in [1.165, 1.54) is 11.3 Å². The Kier molecular flexibility index (Phi) is 5.45. The summed E-state index contributed by atoms with van der Waals surface area (Å²) in [4.78, 5) is 20.9. The van der Waals surface area contributed by atoms with Crippen LogP contribution in [0.2, 0.25) is 0 Å². The maximum Gasteiger partial charge on any atom is 0.253 e. The van der Waals surface area contributed by atoms with Crippen LogP contribution in [-0.4, -0.2) is 77.3 Å². The molecule has 0 spiro atoms. The predicted octanol–water partition coefficient (Wildman–Crippen LogP) is 0.901. The molecular formula is C17H23N3O3S. The Morgan fingerprint density at radius 2 is 2.17 bits per heavy atom. The number of aliphatic hydroxyl groups is 2. The van der Waals surface area contributed by atoms with E-state index in [2.05, 4.69) is 4.98 Å². The lowest BCUT2D eigenvalue weighted by molar-refractivity contribution is 0.0779. The number of hydrogen-bond donors (Lipinski definition) is 2. The number of hydrogen-bond acceptors (Lipinski definition) is 6. The molecule has 1 aliphatic rings. The van der Waals surface area contributed by atoms with E-state index in [0.717, 1.165) is 16.8 Å². The molecule has 2 aromatic rings. The third-order valence-corrected chi connectivity index (χ3v) is 5.50. The normalized spacial score (nSPS) is 21.1. The molecule has 24 heavy (non-hydrogen) atoms. The van der Waals surface area contributed by atoms with E-state index in [1.807, 2.05) is 35.0 Å². The van der Waals surface area contributed by atoms with Crippen LogP contribution >= 0.6 is 11.3 Å². The van der Waals surface area contributed by atoms with Crippen molar-refractivity contribution in [2.45, 2.75) is 0 Å². The molecule has 2 atom stereocenters. The van der Waals surface area contributed by atoms with Gasteiger partial charge in [0.05, 0.1) is 22.3 Å². The number of thiazole rings is 1. The van der Waals surface area contributed by atoms with Crippen LogP contribution in [0.25, 0.3) is 10.2 Å². The molecule has 1 fully saturated rings. The molecule has 2 N–H and O–H groups in total. The van der Waals surface area contributed by atoms with Gasteiger partial charge in [0.25, 0.3) is 5.91 Å². The molecule has 0 bridgehead atoms. The summed E-state index contributed by atoms with van der Waals surface area (Å²) in [6, 6.07) is 5.60. The third kappa shape index (κ3) is 3.59. The van der Waals surface area contributed by atoms with Crippen LogP contribution < -0.4 is 0 Å². The Morgan fingerprint density at radius 3 is 2.92 bits per heavy atom. The average Bonchev–Trinajstić information content (AvgIpc) is 3.20. The topological polar surface area (TPSA) is 76.9 Å². The van der Waals surface area contributed by atoms with E-state index < -0.39 is 0 Å². The smallest absolute Gasteiger partial charge is 0.253 e. The van der Waals surface area contributed by atoms with E-state index in [1.54, 1.807) is 5.51 Å². The van der Waals surface area contributed by atoms with Crippen LogP contribution in [0.3, 0.4) is 0 Å². The first kappa shape index (κ1) is 17.3. The van der Waals surface area contributed by atoms with Gasteiger partial charge in [0.15, 0.2) is 0 Å². The van der Waals surface area contributed by atoms with Gasteiger partial charge in [-0.1, -0.05) is 0 Å². The van der Waals surface area contributed by atoms with E-state index in [-0.39, 0.29) is 31.0 Å². The zero-order valence-corrected chi connectivity index (χ0v) is 14.6. The highest BCUT2D eigenvalue weighted by atomic mass is 32.1. The van der Waals surface area contributed by atoms with Gasteiger partial charge in [0, 0.05) is 44.3 Å². The van der Waals surface area contributed by atoms with Crippen molar-refractivity contribution in [2.75, 3.05) is 46.4 Å². The Morgan fingerprint density at radius 1 is 1.38 bits per heavy atom. The number of amides is 1. The van der Waals surface area contributed by atoms with Crippen LogP contribution in [0.15, 0.2) is 23.7 Å². The number of likely N-dealkylation sites (N-methyl/N-ethyl adjacent to an activating group) is 1. The van der Waals surface area contributed by atoms with Gasteiger partial charge < -0.3 is 20.0 Å². The lowest BCUT2D eigenvalue weighted by Crippen LogP contribution is -2.33. The third-order valence-electron chi connectivity index (χ3n) is 4.70. The van der Waals surface area contributed by atoms with Gasteiger partial charge in [0.1, 0.15) is 0 Å². The van der Waals surface area contributed by atoms with E-state index in [4.69, 9.17) is 5.11 Å². The standard InChI is InChI=1S/C17H23N3O3S/c1-19(4-5-21)7-13-8-20(9-14(13)10-22)17(23)12-2-3-15-16(6-12)24-11-18-15/h2-3,6,11,13-14,21-22H,4-5,7-10H2,1H3/t13-,14-/m1/s1. The quantitative estimate of drug-likeness (QED) is 0.810. The lowest BCUT2D eigenvalue weighted by Gasteiger charge is -2.23. The summed E-state index contributed by atoms with van der Waals surface area (Å²) in [6.45, 7) is 2.78. The van der Waals surface area contributed by atoms with Crippen LogP contribution in [0, 0.1) is 11.8 Å². The molecule has 0 saturated carbocycles. The van der Waals surface area contributed by atoms with Gasteiger partial charge in [-0.05, 0) is 31.2 Å². The van der Waals surface area contributed by atoms with Crippen molar-refractivity contribution in [2.24, 2.45) is 11.8 Å². The van der Waals surface area contributed by atoms with Crippen LogP contribution in [0.1, 0.15) is 10.4 Å². The summed E-state index contributed by atoms with van der Waals surface area (Å²) >= 11 is 1.53. The van der Waals surface area contributed by atoms with Crippen molar-refractivity contribution < 1.29 is 15.0 Å². The number of aliphatic hydroxyl groups excluding tert-OH is 2. The SMILES string of the molecule is CN(CCO)C[C@@H]1CN(C(=O)c2ccc3ncsc3c2)C[C@@H]1CO. The molecular weight excluding hydrogens is 326 g/mol. The predicted molar refractivity (Wildman–Crippen MR) is 94.2 cm³/mol. The number of carbonyl (C=O) groups is 1. The maximum atomic E-state index is 12.8. The van der Waals surface area contributed by atoms with E-state index in [9.17, 15) is 9.90 Å². The molecule has 0 radical (unpaired) electrons. The minimum absolute atomic E-state index is 0.0102. The molecule has 2 heterocycles. The van der Waals surface area contributed by atoms with Gasteiger partial charge in [-0.2, -0.15) is 0 Å². The highest BCUT2D eigenvalue weighted by Gasteiger charge is 2.35. The highest BCUT2D eigenvalue weighted by Crippen LogP contribution is 2.27. The van der Waals surface area contributed by atoms with E-state index in [0.29, 0.717) is 25.2 Å². The Hall–Kier alpha value is -1.54. The average molecular weight is 349 g/mol. The minimum Gasteiger partial charge on any atom is -0.396 e. The van der Waals surface area contributed by atoms with Gasteiger partial charge in [-0.15, -0.1) is 11.3 Å². The van der Waals surface area contributed by atoms with Crippen molar-refractivity contribution in [3.8, 4) is 0 Å². The molecule has 1 aliphatic heterocycles. The Balaban J connectivity index is 1.70. The molecule has 1 aromatic heterocycles. The monoisotopic (exact) mass is 349 g/mol. The molecule has 0 unspecified atom stereocenters. The molecule has 0 aliphatic carbocycles. The molecule has 3 rings (SSSR count). The van der Waals surface area contributed by atoms with Crippen molar-refractivity contribution in [3.63, 3.8) is 0 Å². The zero-order chi connectivity index (χ0) is 17.1. The number of nitrogens with zero attached hydrogens (tertiary/aromatic N) is 3. The highest BCUT2D eigenvalue weighted by molar-refractivity contribution is 7.16. The zero-order valence-electron chi connectivity index (χ0n) is 13.8. The molecule has 7 heteroatoms. The second-order valence-corrected chi connectivity index (χ2v) is 7.32.